The van der Waals surface area contributed by atoms with Gasteiger partial charge in [-0.15, -0.1) is 12.4 Å². The van der Waals surface area contributed by atoms with Crippen molar-refractivity contribution in [2.45, 2.75) is 50.7 Å². The summed E-state index contributed by atoms with van der Waals surface area (Å²) >= 11 is 0. The molecule has 0 radical (unpaired) electrons. The summed E-state index contributed by atoms with van der Waals surface area (Å²) in [5.41, 5.74) is 0.991. The summed E-state index contributed by atoms with van der Waals surface area (Å²) in [4.78, 5) is 24.0. The fraction of sp³-hybridized carbons (Fsp3) is 0.579. The van der Waals surface area contributed by atoms with E-state index in [1.54, 1.807) is 7.11 Å². The molecule has 2 saturated heterocycles. The van der Waals surface area contributed by atoms with Crippen LogP contribution in [0.25, 0.3) is 0 Å². The predicted octanol–water partition coefficient (Wildman–Crippen LogP) is 1.77. The van der Waals surface area contributed by atoms with Crippen LogP contribution >= 0.6 is 12.4 Å². The van der Waals surface area contributed by atoms with E-state index < -0.39 is 0 Å². The summed E-state index contributed by atoms with van der Waals surface area (Å²) in [7, 11) is 1.62. The first-order valence-corrected chi connectivity index (χ1v) is 9.04. The summed E-state index contributed by atoms with van der Waals surface area (Å²) in [5, 5.41) is 9.14. The van der Waals surface area contributed by atoms with E-state index in [0.717, 1.165) is 24.2 Å². The van der Waals surface area contributed by atoms with Gasteiger partial charge in [-0.2, -0.15) is 0 Å². The van der Waals surface area contributed by atoms with E-state index in [-0.39, 0.29) is 30.8 Å². The molecule has 2 bridgehead atoms. The minimum atomic E-state index is -0.172. The lowest BCUT2D eigenvalue weighted by molar-refractivity contribution is -0.126. The second kappa shape index (κ2) is 9.78. The SMILES string of the molecule is COc1ccc(CNC(=O)CNC(=O)CC2CC3CCC(C2)N3)cc1.Cl. The Morgan fingerprint density at radius 3 is 2.35 bits per heavy atom. The second-order valence-corrected chi connectivity index (χ2v) is 7.08. The molecule has 1 aromatic carbocycles. The molecule has 2 fully saturated rings. The van der Waals surface area contributed by atoms with Gasteiger partial charge in [0.1, 0.15) is 5.75 Å². The van der Waals surface area contributed by atoms with E-state index >= 15 is 0 Å². The van der Waals surface area contributed by atoms with Crippen LogP contribution in [0.1, 0.15) is 37.7 Å². The van der Waals surface area contributed by atoms with Gasteiger partial charge in [-0.25, -0.2) is 0 Å². The molecule has 6 nitrogen and oxygen atoms in total. The van der Waals surface area contributed by atoms with Gasteiger partial charge in [-0.05, 0) is 49.3 Å². The molecule has 0 saturated carbocycles. The van der Waals surface area contributed by atoms with Crippen LogP contribution in [0.5, 0.6) is 5.75 Å². The molecule has 3 N–H and O–H groups in total. The zero-order chi connectivity index (χ0) is 17.6. The smallest absolute Gasteiger partial charge is 0.239 e. The van der Waals surface area contributed by atoms with Crippen LogP contribution in [-0.4, -0.2) is 37.6 Å². The molecule has 1 aromatic rings. The summed E-state index contributed by atoms with van der Waals surface area (Å²) in [5.74, 6) is 1.04. The molecule has 0 aliphatic carbocycles. The van der Waals surface area contributed by atoms with Crippen LogP contribution in [0.4, 0.5) is 0 Å². The molecule has 2 heterocycles. The van der Waals surface area contributed by atoms with Crippen molar-refractivity contribution in [1.29, 1.82) is 0 Å². The van der Waals surface area contributed by atoms with E-state index in [1.165, 1.54) is 12.8 Å². The summed E-state index contributed by atoms with van der Waals surface area (Å²) < 4.78 is 5.10. The van der Waals surface area contributed by atoms with Gasteiger partial charge in [-0.1, -0.05) is 12.1 Å². The summed E-state index contributed by atoms with van der Waals surface area (Å²) in [6.07, 6.45) is 5.15. The highest BCUT2D eigenvalue weighted by atomic mass is 35.5. The topological polar surface area (TPSA) is 79.5 Å². The molecule has 2 atom stereocenters. The number of fused-ring (bicyclic) bond motifs is 2. The van der Waals surface area contributed by atoms with E-state index in [4.69, 9.17) is 4.74 Å². The average Bonchev–Trinajstić information content (AvgIpc) is 2.97. The van der Waals surface area contributed by atoms with Crippen molar-refractivity contribution in [3.05, 3.63) is 29.8 Å². The molecule has 2 unspecified atom stereocenters. The lowest BCUT2D eigenvalue weighted by atomic mass is 9.89. The first-order valence-electron chi connectivity index (χ1n) is 9.04. The number of nitrogens with one attached hydrogen (secondary N) is 3. The first kappa shape index (κ1) is 20.5. The van der Waals surface area contributed by atoms with Gasteiger partial charge >= 0.3 is 0 Å². The third-order valence-corrected chi connectivity index (χ3v) is 5.14. The number of ether oxygens (including phenoxy) is 1. The normalized spacial score (nSPS) is 23.7. The van der Waals surface area contributed by atoms with Gasteiger partial charge in [0.15, 0.2) is 0 Å². The first-order chi connectivity index (χ1) is 12.1. The van der Waals surface area contributed by atoms with E-state index in [0.29, 0.717) is 31.0 Å². The Kier molecular flexibility index (Phi) is 7.72. The second-order valence-electron chi connectivity index (χ2n) is 7.08. The van der Waals surface area contributed by atoms with Crippen molar-refractivity contribution in [3.8, 4) is 5.75 Å². The molecular weight excluding hydrogens is 354 g/mol. The van der Waals surface area contributed by atoms with E-state index in [9.17, 15) is 9.59 Å². The number of carbonyl (C=O) groups is 2. The fourth-order valence-electron chi connectivity index (χ4n) is 3.86. The fourth-order valence-corrected chi connectivity index (χ4v) is 3.86. The lowest BCUT2D eigenvalue weighted by Gasteiger charge is -2.28. The molecule has 144 valence electrons. The van der Waals surface area contributed by atoms with Gasteiger partial charge in [-0.3, -0.25) is 9.59 Å². The van der Waals surface area contributed by atoms with Crippen LogP contribution in [0.3, 0.4) is 0 Å². The molecule has 2 aliphatic rings. The van der Waals surface area contributed by atoms with Crippen molar-refractivity contribution < 1.29 is 14.3 Å². The van der Waals surface area contributed by atoms with Crippen LogP contribution in [0, 0.1) is 5.92 Å². The Morgan fingerprint density at radius 1 is 1.08 bits per heavy atom. The maximum atomic E-state index is 12.1. The number of methoxy groups -OCH3 is 1. The number of hydrogen-bond donors (Lipinski definition) is 3. The maximum Gasteiger partial charge on any atom is 0.239 e. The molecule has 2 amide bonds. The molecule has 7 heteroatoms. The summed E-state index contributed by atoms with van der Waals surface area (Å²) in [6, 6.07) is 8.70. The quantitative estimate of drug-likeness (QED) is 0.672. The highest BCUT2D eigenvalue weighted by Gasteiger charge is 2.34. The van der Waals surface area contributed by atoms with Crippen LogP contribution in [0.2, 0.25) is 0 Å². The van der Waals surface area contributed by atoms with E-state index in [2.05, 4.69) is 16.0 Å². The van der Waals surface area contributed by atoms with Gasteiger partial charge in [0, 0.05) is 25.0 Å². The average molecular weight is 382 g/mol. The third-order valence-electron chi connectivity index (χ3n) is 5.14. The van der Waals surface area contributed by atoms with Gasteiger partial charge < -0.3 is 20.7 Å². The Bertz CT molecular complexity index is 597. The minimum Gasteiger partial charge on any atom is -0.497 e. The number of halogens is 1. The maximum absolute atomic E-state index is 12.1. The highest BCUT2D eigenvalue weighted by molar-refractivity contribution is 5.85. The van der Waals surface area contributed by atoms with Crippen molar-refractivity contribution in [2.24, 2.45) is 5.92 Å². The zero-order valence-electron chi connectivity index (χ0n) is 15.1. The van der Waals surface area contributed by atoms with Crippen LogP contribution < -0.4 is 20.7 Å². The van der Waals surface area contributed by atoms with E-state index in [1.807, 2.05) is 24.3 Å². The Hall–Kier alpha value is -1.79. The predicted molar refractivity (Wildman–Crippen MR) is 102 cm³/mol. The van der Waals surface area contributed by atoms with Gasteiger partial charge in [0.2, 0.25) is 11.8 Å². The highest BCUT2D eigenvalue weighted by Crippen LogP contribution is 2.32. The summed E-state index contributed by atoms with van der Waals surface area (Å²) in [6.45, 7) is 0.475. The van der Waals surface area contributed by atoms with Crippen molar-refractivity contribution in [3.63, 3.8) is 0 Å². The van der Waals surface area contributed by atoms with Gasteiger partial charge in [0.05, 0.1) is 13.7 Å². The molecule has 2 aliphatic heterocycles. The van der Waals surface area contributed by atoms with Crippen LogP contribution in [0.15, 0.2) is 24.3 Å². The standard InChI is InChI=1S/C19H27N3O3.ClH/c1-25-17-6-2-13(3-7-17)11-20-19(24)12-21-18(23)10-14-8-15-4-5-16(9-14)22-15;/h2-3,6-7,14-16,22H,4-5,8-12H2,1H3,(H,20,24)(H,21,23);1H. The molecule has 0 aromatic heterocycles. The number of amides is 2. The number of piperidine rings is 1. The minimum absolute atomic E-state index is 0. The van der Waals surface area contributed by atoms with Crippen molar-refractivity contribution in [1.82, 2.24) is 16.0 Å². The van der Waals surface area contributed by atoms with Crippen molar-refractivity contribution >= 4 is 24.2 Å². The van der Waals surface area contributed by atoms with Crippen LogP contribution in [-0.2, 0) is 16.1 Å². The third kappa shape index (κ3) is 5.88. The molecule has 0 spiro atoms. The number of benzene rings is 1. The molecule has 26 heavy (non-hydrogen) atoms. The molecular formula is C19H28ClN3O3. The monoisotopic (exact) mass is 381 g/mol. The Balaban J connectivity index is 0.00000243. The molecule has 3 rings (SSSR count). The number of hydrogen-bond acceptors (Lipinski definition) is 4. The Morgan fingerprint density at radius 2 is 1.73 bits per heavy atom. The van der Waals surface area contributed by atoms with Gasteiger partial charge in [0.25, 0.3) is 0 Å². The number of rotatable bonds is 7. The van der Waals surface area contributed by atoms with Crippen molar-refractivity contribution in [2.75, 3.05) is 13.7 Å². The lowest BCUT2D eigenvalue weighted by Crippen LogP contribution is -2.41. The largest absolute Gasteiger partial charge is 0.497 e. The zero-order valence-corrected chi connectivity index (χ0v) is 15.9. The number of carbonyl (C=O) groups excluding carboxylic acids is 2. The Labute approximate surface area is 160 Å².